The highest BCUT2D eigenvalue weighted by Gasteiger charge is 2.21. The van der Waals surface area contributed by atoms with E-state index in [2.05, 4.69) is 15.7 Å². The summed E-state index contributed by atoms with van der Waals surface area (Å²) in [6.45, 7) is 1.16. The number of fused-ring (bicyclic) bond motifs is 1. The largest absolute Gasteiger partial charge is 0.467 e. The van der Waals surface area contributed by atoms with Crippen molar-refractivity contribution in [2.24, 2.45) is 5.92 Å². The Kier molecular flexibility index (Phi) is 6.88. The predicted octanol–water partition coefficient (Wildman–Crippen LogP) is 4.17. The summed E-state index contributed by atoms with van der Waals surface area (Å²) in [7, 11) is 0. The summed E-state index contributed by atoms with van der Waals surface area (Å²) in [4.78, 5) is 30.4. The Morgan fingerprint density at radius 1 is 1.00 bits per heavy atom. The minimum Gasteiger partial charge on any atom is -0.467 e. The Bertz CT molecular complexity index is 1290. The molecule has 4 aromatic rings. The van der Waals surface area contributed by atoms with Crippen LogP contribution < -0.4 is 10.6 Å². The third kappa shape index (κ3) is 5.26. The molecule has 0 radical (unpaired) electrons. The molecule has 2 amide bonds. The van der Waals surface area contributed by atoms with Crippen molar-refractivity contribution in [2.75, 3.05) is 13.1 Å². The highest BCUT2D eigenvalue weighted by molar-refractivity contribution is 6.06. The van der Waals surface area contributed by atoms with Crippen molar-refractivity contribution in [3.63, 3.8) is 0 Å². The maximum Gasteiger partial charge on any atom is 0.252 e. The zero-order valence-corrected chi connectivity index (χ0v) is 19.6. The third-order valence-corrected chi connectivity index (χ3v) is 6.49. The maximum atomic E-state index is 13.2. The van der Waals surface area contributed by atoms with Gasteiger partial charge in [0.15, 0.2) is 5.65 Å². The molecule has 0 bridgehead atoms. The van der Waals surface area contributed by atoms with E-state index < -0.39 is 0 Å². The minimum absolute atomic E-state index is 0.0933. The quantitative estimate of drug-likeness (QED) is 0.376. The molecule has 5 rings (SSSR count). The van der Waals surface area contributed by atoms with E-state index in [9.17, 15) is 9.59 Å². The van der Waals surface area contributed by atoms with Crippen molar-refractivity contribution in [3.8, 4) is 11.3 Å². The van der Waals surface area contributed by atoms with Gasteiger partial charge in [0, 0.05) is 24.6 Å². The van der Waals surface area contributed by atoms with Crippen LogP contribution in [0.4, 0.5) is 0 Å². The molecule has 0 aliphatic heterocycles. The Labute approximate surface area is 203 Å². The van der Waals surface area contributed by atoms with Crippen LogP contribution in [-0.4, -0.2) is 39.7 Å². The maximum absolute atomic E-state index is 13.2. The number of benzene rings is 1. The fourth-order valence-electron chi connectivity index (χ4n) is 4.62. The van der Waals surface area contributed by atoms with Gasteiger partial charge in [-0.25, -0.2) is 9.67 Å². The molecule has 3 heterocycles. The first-order valence-corrected chi connectivity index (χ1v) is 12.2. The number of nitrogens with zero attached hydrogens (tertiary/aromatic N) is 3. The molecule has 1 aromatic carbocycles. The van der Waals surface area contributed by atoms with Crippen LogP contribution in [0.2, 0.25) is 0 Å². The topological polar surface area (TPSA) is 102 Å². The molecule has 180 valence electrons. The zero-order chi connectivity index (χ0) is 24.0. The van der Waals surface area contributed by atoms with Gasteiger partial charge < -0.3 is 15.1 Å². The first-order valence-electron chi connectivity index (χ1n) is 12.2. The molecule has 3 aromatic heterocycles. The average Bonchev–Trinajstić information content (AvgIpc) is 3.57. The molecule has 0 spiro atoms. The van der Waals surface area contributed by atoms with E-state index in [0.717, 1.165) is 37.0 Å². The van der Waals surface area contributed by atoms with Crippen molar-refractivity contribution >= 4 is 22.8 Å². The summed E-state index contributed by atoms with van der Waals surface area (Å²) in [6, 6.07) is 15.3. The molecule has 0 atom stereocenters. The lowest BCUT2D eigenvalue weighted by molar-refractivity contribution is -0.125. The van der Waals surface area contributed by atoms with Crippen LogP contribution in [0.5, 0.6) is 0 Å². The second-order valence-electron chi connectivity index (χ2n) is 8.92. The van der Waals surface area contributed by atoms with Gasteiger partial charge in [-0.1, -0.05) is 49.6 Å². The monoisotopic (exact) mass is 471 g/mol. The van der Waals surface area contributed by atoms with Crippen LogP contribution in [0, 0.1) is 5.92 Å². The molecule has 8 nitrogen and oxygen atoms in total. The SMILES string of the molecule is O=C(NCCNC(=O)C1CCCCC1)c1cc(-c2ccccc2)nc2c1cnn2Cc1ccco1. The molecule has 1 fully saturated rings. The van der Waals surface area contributed by atoms with Crippen molar-refractivity contribution in [3.05, 3.63) is 72.3 Å². The van der Waals surface area contributed by atoms with Gasteiger partial charge in [0.05, 0.1) is 29.1 Å². The lowest BCUT2D eigenvalue weighted by Crippen LogP contribution is -2.38. The lowest BCUT2D eigenvalue weighted by Gasteiger charge is -2.20. The molecular formula is C27H29N5O3. The van der Waals surface area contributed by atoms with Crippen LogP contribution in [0.25, 0.3) is 22.3 Å². The summed E-state index contributed by atoms with van der Waals surface area (Å²) in [5.41, 5.74) is 2.71. The number of rotatable bonds is 8. The highest BCUT2D eigenvalue weighted by atomic mass is 16.3. The Hall–Kier alpha value is -3.94. The molecule has 1 aliphatic carbocycles. The van der Waals surface area contributed by atoms with E-state index in [-0.39, 0.29) is 17.7 Å². The Balaban J connectivity index is 1.34. The van der Waals surface area contributed by atoms with Crippen LogP contribution in [0.15, 0.2) is 65.4 Å². The molecule has 8 heteroatoms. The van der Waals surface area contributed by atoms with E-state index in [1.807, 2.05) is 42.5 Å². The Morgan fingerprint density at radius 2 is 1.80 bits per heavy atom. The number of amides is 2. The summed E-state index contributed by atoms with van der Waals surface area (Å²) >= 11 is 0. The summed E-state index contributed by atoms with van der Waals surface area (Å²) in [5, 5.41) is 11.1. The standard InChI is InChI=1S/C27H29N5O3/c33-26(20-10-5-2-6-11-20)28-13-14-29-27(34)22-16-24(19-8-3-1-4-9-19)31-25-23(22)17-30-32(25)18-21-12-7-15-35-21/h1,3-4,7-9,12,15-17,20H,2,5-6,10-11,13-14,18H2,(H,28,33)(H,29,34). The van der Waals surface area contributed by atoms with Gasteiger partial charge in [0.2, 0.25) is 5.91 Å². The number of hydrogen-bond donors (Lipinski definition) is 2. The van der Waals surface area contributed by atoms with Crippen molar-refractivity contribution in [2.45, 2.75) is 38.6 Å². The fraction of sp³-hybridized carbons (Fsp3) is 0.333. The van der Waals surface area contributed by atoms with Gasteiger partial charge >= 0.3 is 0 Å². The number of carbonyl (C=O) groups excluding carboxylic acids is 2. The molecule has 2 N–H and O–H groups in total. The second-order valence-corrected chi connectivity index (χ2v) is 8.92. The lowest BCUT2D eigenvalue weighted by atomic mass is 9.89. The van der Waals surface area contributed by atoms with Gasteiger partial charge in [-0.15, -0.1) is 0 Å². The van der Waals surface area contributed by atoms with Crippen LogP contribution >= 0.6 is 0 Å². The van der Waals surface area contributed by atoms with E-state index in [4.69, 9.17) is 9.40 Å². The van der Waals surface area contributed by atoms with Gasteiger partial charge in [-0.3, -0.25) is 9.59 Å². The first-order chi connectivity index (χ1) is 17.2. The van der Waals surface area contributed by atoms with Crippen LogP contribution in [0.1, 0.15) is 48.2 Å². The Morgan fingerprint density at radius 3 is 2.57 bits per heavy atom. The highest BCUT2D eigenvalue weighted by Crippen LogP contribution is 2.26. The van der Waals surface area contributed by atoms with E-state index in [1.54, 1.807) is 23.2 Å². The van der Waals surface area contributed by atoms with Gasteiger partial charge in [0.1, 0.15) is 12.3 Å². The van der Waals surface area contributed by atoms with Gasteiger partial charge in [-0.2, -0.15) is 5.10 Å². The van der Waals surface area contributed by atoms with Gasteiger partial charge in [0.25, 0.3) is 5.91 Å². The zero-order valence-electron chi connectivity index (χ0n) is 19.6. The van der Waals surface area contributed by atoms with Crippen LogP contribution in [-0.2, 0) is 11.3 Å². The van der Waals surface area contributed by atoms with E-state index >= 15 is 0 Å². The number of pyridine rings is 1. The normalized spacial score (nSPS) is 14.2. The third-order valence-electron chi connectivity index (χ3n) is 6.49. The number of hydrogen-bond acceptors (Lipinski definition) is 5. The molecular weight excluding hydrogens is 442 g/mol. The summed E-state index contributed by atoms with van der Waals surface area (Å²) in [5.74, 6) is 0.726. The molecule has 1 saturated carbocycles. The van der Waals surface area contributed by atoms with E-state index in [1.165, 1.54) is 6.42 Å². The molecule has 0 unspecified atom stereocenters. The first kappa shape index (κ1) is 22.8. The van der Waals surface area contributed by atoms with E-state index in [0.29, 0.717) is 41.9 Å². The number of carbonyl (C=O) groups is 2. The van der Waals surface area contributed by atoms with Crippen molar-refractivity contribution in [1.82, 2.24) is 25.4 Å². The minimum atomic E-state index is -0.223. The number of furan rings is 1. The fourth-order valence-corrected chi connectivity index (χ4v) is 4.62. The molecule has 35 heavy (non-hydrogen) atoms. The van der Waals surface area contributed by atoms with Crippen molar-refractivity contribution in [1.29, 1.82) is 0 Å². The second kappa shape index (κ2) is 10.5. The summed E-state index contributed by atoms with van der Waals surface area (Å²) < 4.78 is 7.21. The summed E-state index contributed by atoms with van der Waals surface area (Å²) in [6.07, 6.45) is 8.64. The smallest absolute Gasteiger partial charge is 0.252 e. The molecule has 0 saturated heterocycles. The van der Waals surface area contributed by atoms with Gasteiger partial charge in [-0.05, 0) is 31.0 Å². The number of aromatic nitrogens is 3. The number of nitrogens with one attached hydrogen (secondary N) is 2. The molecule has 1 aliphatic rings. The van der Waals surface area contributed by atoms with Crippen LogP contribution in [0.3, 0.4) is 0 Å². The predicted molar refractivity (Wildman–Crippen MR) is 133 cm³/mol. The average molecular weight is 472 g/mol. The van der Waals surface area contributed by atoms with Crippen molar-refractivity contribution < 1.29 is 14.0 Å².